The van der Waals surface area contributed by atoms with E-state index in [2.05, 4.69) is 20.2 Å². The molecule has 0 aliphatic carbocycles. The van der Waals surface area contributed by atoms with Crippen LogP contribution in [-0.2, 0) is 0 Å². The molecule has 1 aromatic carbocycles. The van der Waals surface area contributed by atoms with Crippen molar-refractivity contribution in [1.29, 1.82) is 0 Å². The van der Waals surface area contributed by atoms with Gasteiger partial charge in [-0.15, -0.1) is 0 Å². The van der Waals surface area contributed by atoms with Crippen LogP contribution in [0.25, 0.3) is 0 Å². The summed E-state index contributed by atoms with van der Waals surface area (Å²) in [5, 5.41) is 3.00. The summed E-state index contributed by atoms with van der Waals surface area (Å²) in [5.74, 6) is 2.02. The second-order valence-electron chi connectivity index (χ2n) is 7.14. The Labute approximate surface area is 147 Å². The Morgan fingerprint density at radius 2 is 1.72 bits per heavy atom. The molecule has 6 heteroatoms. The number of nitrogens with one attached hydrogen (secondary N) is 1. The summed E-state index contributed by atoms with van der Waals surface area (Å²) in [6.07, 6.45) is 1.63. The van der Waals surface area contributed by atoms with E-state index in [-0.39, 0.29) is 6.03 Å². The number of benzene rings is 1. The van der Waals surface area contributed by atoms with Crippen molar-refractivity contribution in [3.05, 3.63) is 47.9 Å². The number of rotatable bonds is 2. The summed E-state index contributed by atoms with van der Waals surface area (Å²) in [4.78, 5) is 25.3. The number of carbonyl (C=O) groups is 1. The fourth-order valence-corrected chi connectivity index (χ4v) is 3.80. The standard InChI is InChI=1S/C19H23N5O/c1-13-3-5-17(6-4-13)22-19(25)24-10-15-8-23(9-16(15)11-24)18-7-14(2)20-12-21-18/h3-7,12,15-16H,8-11H2,1-2H3,(H,22,25). The fourth-order valence-electron chi connectivity index (χ4n) is 3.80. The Bertz CT molecular complexity index is 762. The third-order valence-electron chi connectivity index (χ3n) is 5.19. The van der Waals surface area contributed by atoms with Gasteiger partial charge in [-0.2, -0.15) is 0 Å². The number of amides is 2. The fraction of sp³-hybridized carbons (Fsp3) is 0.421. The molecule has 2 atom stereocenters. The lowest BCUT2D eigenvalue weighted by Gasteiger charge is -2.22. The first-order chi connectivity index (χ1) is 12.1. The second-order valence-corrected chi connectivity index (χ2v) is 7.14. The first-order valence-electron chi connectivity index (χ1n) is 8.74. The van der Waals surface area contributed by atoms with Crippen molar-refractivity contribution >= 4 is 17.5 Å². The van der Waals surface area contributed by atoms with Gasteiger partial charge in [0.2, 0.25) is 0 Å². The highest BCUT2D eigenvalue weighted by atomic mass is 16.2. The van der Waals surface area contributed by atoms with Gasteiger partial charge in [0.25, 0.3) is 0 Å². The van der Waals surface area contributed by atoms with E-state index in [4.69, 9.17) is 0 Å². The van der Waals surface area contributed by atoms with Crippen LogP contribution in [-0.4, -0.2) is 47.1 Å². The molecule has 6 nitrogen and oxygen atoms in total. The van der Waals surface area contributed by atoms with E-state index in [0.717, 1.165) is 43.4 Å². The number of nitrogens with zero attached hydrogens (tertiary/aromatic N) is 4. The number of aromatic nitrogens is 2. The Balaban J connectivity index is 1.36. The molecule has 0 bridgehead atoms. The molecule has 2 aliphatic heterocycles. The van der Waals surface area contributed by atoms with Gasteiger partial charge in [0.15, 0.2) is 0 Å². The van der Waals surface area contributed by atoms with E-state index < -0.39 is 0 Å². The van der Waals surface area contributed by atoms with Crippen LogP contribution in [0.3, 0.4) is 0 Å². The summed E-state index contributed by atoms with van der Waals surface area (Å²) in [6.45, 7) is 7.55. The van der Waals surface area contributed by atoms with Crippen LogP contribution in [0, 0.1) is 25.7 Å². The van der Waals surface area contributed by atoms with E-state index in [9.17, 15) is 4.79 Å². The van der Waals surface area contributed by atoms with E-state index in [1.54, 1.807) is 6.33 Å². The molecule has 25 heavy (non-hydrogen) atoms. The smallest absolute Gasteiger partial charge is 0.321 e. The van der Waals surface area contributed by atoms with Crippen molar-refractivity contribution < 1.29 is 4.79 Å². The van der Waals surface area contributed by atoms with Crippen molar-refractivity contribution in [2.45, 2.75) is 13.8 Å². The molecule has 2 aliphatic rings. The molecule has 0 radical (unpaired) electrons. The average molecular weight is 337 g/mol. The maximum absolute atomic E-state index is 12.5. The van der Waals surface area contributed by atoms with Gasteiger partial charge in [-0.1, -0.05) is 17.7 Å². The number of hydrogen-bond donors (Lipinski definition) is 1. The molecule has 1 N–H and O–H groups in total. The monoisotopic (exact) mass is 337 g/mol. The molecule has 2 aromatic rings. The quantitative estimate of drug-likeness (QED) is 0.915. The van der Waals surface area contributed by atoms with Crippen LogP contribution in [0.15, 0.2) is 36.7 Å². The number of likely N-dealkylation sites (tertiary alicyclic amines) is 1. The highest BCUT2D eigenvalue weighted by molar-refractivity contribution is 5.89. The average Bonchev–Trinajstić information content (AvgIpc) is 3.16. The van der Waals surface area contributed by atoms with Gasteiger partial charge in [0.1, 0.15) is 12.1 Å². The van der Waals surface area contributed by atoms with Crippen molar-refractivity contribution in [1.82, 2.24) is 14.9 Å². The van der Waals surface area contributed by atoms with Crippen LogP contribution in [0.5, 0.6) is 0 Å². The number of urea groups is 1. The predicted octanol–water partition coefficient (Wildman–Crippen LogP) is 2.69. The van der Waals surface area contributed by atoms with Gasteiger partial charge in [0, 0.05) is 55.5 Å². The number of carbonyl (C=O) groups excluding carboxylic acids is 1. The van der Waals surface area contributed by atoms with Gasteiger partial charge < -0.3 is 15.1 Å². The van der Waals surface area contributed by atoms with E-state index in [1.165, 1.54) is 5.56 Å². The molecule has 2 unspecified atom stereocenters. The molecular formula is C19H23N5O. The topological polar surface area (TPSA) is 61.4 Å². The minimum atomic E-state index is 0.00248. The van der Waals surface area contributed by atoms with Crippen LogP contribution in [0.1, 0.15) is 11.3 Å². The minimum Gasteiger partial charge on any atom is -0.356 e. The molecule has 2 saturated heterocycles. The predicted molar refractivity (Wildman–Crippen MR) is 97.7 cm³/mol. The molecule has 3 heterocycles. The highest BCUT2D eigenvalue weighted by Gasteiger charge is 2.42. The summed E-state index contributed by atoms with van der Waals surface area (Å²) in [7, 11) is 0. The van der Waals surface area contributed by atoms with Crippen molar-refractivity contribution in [3.63, 3.8) is 0 Å². The molecule has 130 valence electrons. The lowest BCUT2D eigenvalue weighted by atomic mass is 10.0. The van der Waals surface area contributed by atoms with Crippen LogP contribution < -0.4 is 10.2 Å². The Morgan fingerprint density at radius 1 is 1.04 bits per heavy atom. The van der Waals surface area contributed by atoms with Crippen molar-refractivity contribution in [3.8, 4) is 0 Å². The van der Waals surface area contributed by atoms with Crippen LogP contribution in [0.2, 0.25) is 0 Å². The van der Waals surface area contributed by atoms with Crippen molar-refractivity contribution in [2.75, 3.05) is 36.4 Å². The van der Waals surface area contributed by atoms with Gasteiger partial charge in [-0.3, -0.25) is 0 Å². The van der Waals surface area contributed by atoms with E-state index in [0.29, 0.717) is 11.8 Å². The third kappa shape index (κ3) is 3.29. The largest absolute Gasteiger partial charge is 0.356 e. The third-order valence-corrected chi connectivity index (χ3v) is 5.19. The van der Waals surface area contributed by atoms with E-state index in [1.807, 2.05) is 49.1 Å². The lowest BCUT2D eigenvalue weighted by Crippen LogP contribution is -2.36. The molecule has 2 fully saturated rings. The molecule has 0 saturated carbocycles. The normalized spacial score (nSPS) is 22.2. The van der Waals surface area contributed by atoms with Crippen LogP contribution in [0.4, 0.5) is 16.3 Å². The molecule has 1 aromatic heterocycles. The van der Waals surface area contributed by atoms with Gasteiger partial charge in [0.05, 0.1) is 0 Å². The summed E-state index contributed by atoms with van der Waals surface area (Å²) in [5.41, 5.74) is 3.03. The summed E-state index contributed by atoms with van der Waals surface area (Å²) < 4.78 is 0. The SMILES string of the molecule is Cc1ccc(NC(=O)N2CC3CN(c4cc(C)ncn4)CC3C2)cc1. The minimum absolute atomic E-state index is 0.00248. The van der Waals surface area contributed by atoms with Gasteiger partial charge in [-0.05, 0) is 26.0 Å². The molecule has 0 spiro atoms. The van der Waals surface area contributed by atoms with Gasteiger partial charge in [-0.25, -0.2) is 14.8 Å². The Hall–Kier alpha value is -2.63. The summed E-state index contributed by atoms with van der Waals surface area (Å²) in [6, 6.07) is 9.95. The zero-order valence-corrected chi connectivity index (χ0v) is 14.6. The molecular weight excluding hydrogens is 314 g/mol. The number of hydrogen-bond acceptors (Lipinski definition) is 4. The lowest BCUT2D eigenvalue weighted by molar-refractivity contribution is 0.219. The van der Waals surface area contributed by atoms with Crippen molar-refractivity contribution in [2.24, 2.45) is 11.8 Å². The summed E-state index contributed by atoms with van der Waals surface area (Å²) >= 11 is 0. The Kier molecular flexibility index (Phi) is 4.03. The highest BCUT2D eigenvalue weighted by Crippen LogP contribution is 2.33. The Morgan fingerprint density at radius 3 is 2.36 bits per heavy atom. The zero-order valence-electron chi connectivity index (χ0n) is 14.6. The first-order valence-corrected chi connectivity index (χ1v) is 8.74. The van der Waals surface area contributed by atoms with E-state index >= 15 is 0 Å². The van der Waals surface area contributed by atoms with Gasteiger partial charge >= 0.3 is 6.03 Å². The number of anilines is 2. The molecule has 2 amide bonds. The zero-order chi connectivity index (χ0) is 17.4. The maximum Gasteiger partial charge on any atom is 0.321 e. The second kappa shape index (κ2) is 6.35. The maximum atomic E-state index is 12.5. The molecule has 4 rings (SSSR count). The number of fused-ring (bicyclic) bond motifs is 1. The van der Waals surface area contributed by atoms with Crippen LogP contribution >= 0.6 is 0 Å². The first kappa shape index (κ1) is 15.9. The number of aryl methyl sites for hydroxylation is 2.